The Balaban J connectivity index is 1.45. The molecule has 1 aliphatic heterocycles. The molecule has 1 saturated heterocycles. The van der Waals surface area contributed by atoms with Crippen LogP contribution in [0.2, 0.25) is 0 Å². The van der Waals surface area contributed by atoms with Crippen LogP contribution in [0.5, 0.6) is 0 Å². The van der Waals surface area contributed by atoms with Crippen molar-refractivity contribution >= 4 is 34.9 Å². The fourth-order valence-electron chi connectivity index (χ4n) is 3.69. The number of carbonyl (C=O) groups excluding carboxylic acids is 3. The molecule has 1 aliphatic carbocycles. The average molecular weight is 398 g/mol. The third kappa shape index (κ3) is 4.09. The van der Waals surface area contributed by atoms with Crippen LogP contribution in [-0.4, -0.2) is 29.3 Å². The zero-order valence-electron chi connectivity index (χ0n) is 15.6. The van der Waals surface area contributed by atoms with Crippen molar-refractivity contribution < 1.29 is 14.4 Å². The van der Waals surface area contributed by atoms with Crippen molar-refractivity contribution in [2.24, 2.45) is 0 Å². The first kappa shape index (κ1) is 18.7. The van der Waals surface area contributed by atoms with E-state index in [4.69, 9.17) is 0 Å². The lowest BCUT2D eigenvalue weighted by molar-refractivity contribution is -0.125. The lowest BCUT2D eigenvalue weighted by atomic mass is 10.00. The average Bonchev–Trinajstić information content (AvgIpc) is 3.20. The zero-order valence-corrected chi connectivity index (χ0v) is 16.4. The molecule has 6 nitrogen and oxygen atoms in total. The molecule has 0 saturated carbocycles. The van der Waals surface area contributed by atoms with Crippen LogP contribution in [0, 0.1) is 0 Å². The van der Waals surface area contributed by atoms with Crippen molar-refractivity contribution in [3.05, 3.63) is 51.2 Å². The number of fused-ring (bicyclic) bond motifs is 1. The number of aryl methyl sites for hydroxylation is 2. The van der Waals surface area contributed by atoms with Crippen molar-refractivity contribution in [2.75, 3.05) is 11.9 Å². The van der Waals surface area contributed by atoms with Crippen LogP contribution in [0.1, 0.15) is 51.4 Å². The van der Waals surface area contributed by atoms with Crippen molar-refractivity contribution in [3.63, 3.8) is 0 Å². The molecule has 0 spiro atoms. The molecule has 0 bridgehead atoms. The van der Waals surface area contributed by atoms with Gasteiger partial charge in [-0.2, -0.15) is 0 Å². The van der Waals surface area contributed by atoms with Gasteiger partial charge < -0.3 is 10.6 Å². The third-order valence-corrected chi connectivity index (χ3v) is 6.42. The predicted octanol–water partition coefficient (Wildman–Crippen LogP) is 3.71. The minimum absolute atomic E-state index is 0.0400. The lowest BCUT2D eigenvalue weighted by Gasteiger charge is -2.13. The first-order valence-electron chi connectivity index (χ1n) is 9.70. The van der Waals surface area contributed by atoms with Gasteiger partial charge in [-0.3, -0.25) is 14.5 Å². The molecule has 2 aromatic rings. The Morgan fingerprint density at radius 3 is 2.71 bits per heavy atom. The first-order valence-corrected chi connectivity index (χ1v) is 10.5. The van der Waals surface area contributed by atoms with E-state index in [1.165, 1.54) is 41.0 Å². The number of imide groups is 1. The maximum absolute atomic E-state index is 12.7. The Bertz CT molecular complexity index is 880. The van der Waals surface area contributed by atoms with Gasteiger partial charge in [0.25, 0.3) is 5.91 Å². The van der Waals surface area contributed by atoms with Crippen LogP contribution in [0.4, 0.5) is 10.5 Å². The minimum Gasteiger partial charge on any atom is -0.329 e. The van der Waals surface area contributed by atoms with Gasteiger partial charge in [0.1, 0.15) is 0 Å². The van der Waals surface area contributed by atoms with E-state index in [2.05, 4.69) is 10.6 Å². The fraction of sp³-hybridized carbons (Fsp3) is 0.381. The van der Waals surface area contributed by atoms with Crippen molar-refractivity contribution in [3.8, 4) is 0 Å². The number of nitrogens with one attached hydrogen (secondary N) is 2. The highest BCUT2D eigenvalue weighted by Crippen LogP contribution is 2.29. The standard InChI is InChI=1S/C21H23N3O3S/c25-19-12-22-21(27)24(19)13-14-6-5-8-16(10-14)23-20(26)18-11-15-7-3-1-2-4-9-17(15)28-18/h5-6,8,10-11H,1-4,7,9,12-13H2,(H,22,27)(H,23,26). The minimum atomic E-state index is -0.379. The summed E-state index contributed by atoms with van der Waals surface area (Å²) >= 11 is 1.60. The van der Waals surface area contributed by atoms with E-state index < -0.39 is 0 Å². The predicted molar refractivity (Wildman–Crippen MR) is 109 cm³/mol. The largest absolute Gasteiger partial charge is 0.329 e. The van der Waals surface area contributed by atoms with Crippen LogP contribution in [0.15, 0.2) is 30.3 Å². The number of hydrogen-bond donors (Lipinski definition) is 2. The molecule has 4 rings (SSSR count). The van der Waals surface area contributed by atoms with Crippen molar-refractivity contribution in [1.29, 1.82) is 0 Å². The molecule has 4 amide bonds. The van der Waals surface area contributed by atoms with E-state index in [0.717, 1.165) is 23.3 Å². The number of carbonyl (C=O) groups is 3. The maximum atomic E-state index is 12.7. The van der Waals surface area contributed by atoms with Gasteiger partial charge in [-0.05, 0) is 55.0 Å². The number of anilines is 1. The number of hydrogen-bond acceptors (Lipinski definition) is 4. The number of urea groups is 1. The summed E-state index contributed by atoms with van der Waals surface area (Å²) in [6.45, 7) is 0.236. The van der Waals surface area contributed by atoms with E-state index in [1.54, 1.807) is 17.4 Å². The zero-order chi connectivity index (χ0) is 19.5. The van der Waals surface area contributed by atoms with Gasteiger partial charge >= 0.3 is 6.03 Å². The topological polar surface area (TPSA) is 78.5 Å². The SMILES string of the molecule is O=C(Nc1cccc(CN2C(=O)CNC2=O)c1)c1cc2c(s1)CCCCCC2. The fourth-order valence-corrected chi connectivity index (χ4v) is 4.84. The van der Waals surface area contributed by atoms with Crippen molar-refractivity contribution in [1.82, 2.24) is 10.2 Å². The van der Waals surface area contributed by atoms with Gasteiger partial charge in [-0.1, -0.05) is 25.0 Å². The van der Waals surface area contributed by atoms with Gasteiger partial charge in [0.05, 0.1) is 18.0 Å². The van der Waals surface area contributed by atoms with Crippen LogP contribution < -0.4 is 10.6 Å². The molecule has 0 atom stereocenters. The third-order valence-electron chi connectivity index (χ3n) is 5.18. The molecular weight excluding hydrogens is 374 g/mol. The van der Waals surface area contributed by atoms with Gasteiger partial charge in [0.2, 0.25) is 5.91 Å². The second-order valence-corrected chi connectivity index (χ2v) is 8.40. The summed E-state index contributed by atoms with van der Waals surface area (Å²) in [6, 6.07) is 8.94. The van der Waals surface area contributed by atoms with Gasteiger partial charge in [0, 0.05) is 10.6 Å². The summed E-state index contributed by atoms with van der Waals surface area (Å²) in [5.41, 5.74) is 2.78. The van der Waals surface area contributed by atoms with Crippen LogP contribution >= 0.6 is 11.3 Å². The molecule has 2 heterocycles. The van der Waals surface area contributed by atoms with Gasteiger partial charge in [0.15, 0.2) is 0 Å². The maximum Gasteiger partial charge on any atom is 0.324 e. The number of thiophene rings is 1. The summed E-state index contributed by atoms with van der Waals surface area (Å²) in [4.78, 5) is 39.5. The molecule has 1 aromatic heterocycles. The van der Waals surface area contributed by atoms with E-state index in [-0.39, 0.29) is 30.9 Å². The molecule has 1 fully saturated rings. The summed E-state index contributed by atoms with van der Waals surface area (Å²) < 4.78 is 0. The molecular formula is C21H23N3O3S. The molecule has 7 heteroatoms. The Labute approximate surface area is 167 Å². The van der Waals surface area contributed by atoms with E-state index in [1.807, 2.05) is 24.3 Å². The van der Waals surface area contributed by atoms with E-state index in [9.17, 15) is 14.4 Å². The quantitative estimate of drug-likeness (QED) is 0.772. The Hall–Kier alpha value is -2.67. The monoisotopic (exact) mass is 397 g/mol. The molecule has 0 unspecified atom stereocenters. The Morgan fingerprint density at radius 1 is 1.11 bits per heavy atom. The molecule has 28 heavy (non-hydrogen) atoms. The Morgan fingerprint density at radius 2 is 1.93 bits per heavy atom. The van der Waals surface area contributed by atoms with Crippen LogP contribution in [0.25, 0.3) is 0 Å². The summed E-state index contributed by atoms with van der Waals surface area (Å²) in [6.07, 6.45) is 7.04. The molecule has 2 N–H and O–H groups in total. The molecule has 1 aromatic carbocycles. The highest BCUT2D eigenvalue weighted by atomic mass is 32.1. The normalized spacial score (nSPS) is 16.9. The molecule has 146 valence electrons. The van der Waals surface area contributed by atoms with Crippen LogP contribution in [-0.2, 0) is 24.2 Å². The highest BCUT2D eigenvalue weighted by Gasteiger charge is 2.28. The lowest BCUT2D eigenvalue weighted by Crippen LogP contribution is -2.30. The van der Waals surface area contributed by atoms with Gasteiger partial charge in [-0.15, -0.1) is 11.3 Å². The smallest absolute Gasteiger partial charge is 0.324 e. The number of nitrogens with zero attached hydrogens (tertiary/aromatic N) is 1. The first-order chi connectivity index (χ1) is 13.6. The summed E-state index contributed by atoms with van der Waals surface area (Å²) in [5.74, 6) is -0.348. The second-order valence-electron chi connectivity index (χ2n) is 7.27. The number of rotatable bonds is 4. The highest BCUT2D eigenvalue weighted by molar-refractivity contribution is 7.14. The van der Waals surface area contributed by atoms with Gasteiger partial charge in [-0.25, -0.2) is 4.79 Å². The summed E-state index contributed by atoms with van der Waals surface area (Å²) in [5, 5.41) is 5.46. The van der Waals surface area contributed by atoms with E-state index in [0.29, 0.717) is 5.69 Å². The van der Waals surface area contributed by atoms with Crippen LogP contribution in [0.3, 0.4) is 0 Å². The summed E-state index contributed by atoms with van der Waals surface area (Å²) in [7, 11) is 0. The Kier molecular flexibility index (Phi) is 5.43. The second kappa shape index (κ2) is 8.14. The van der Waals surface area contributed by atoms with E-state index >= 15 is 0 Å². The van der Waals surface area contributed by atoms with Crippen molar-refractivity contribution in [2.45, 2.75) is 45.1 Å². The number of benzene rings is 1. The molecule has 2 aliphatic rings. The number of amides is 4. The molecule has 0 radical (unpaired) electrons.